The predicted octanol–water partition coefficient (Wildman–Crippen LogP) is 3.35. The van der Waals surface area contributed by atoms with Crippen LogP contribution in [0.3, 0.4) is 0 Å². The molecule has 0 atom stereocenters. The van der Waals surface area contributed by atoms with Crippen LogP contribution in [0.1, 0.15) is 36.2 Å². The zero-order valence-electron chi connectivity index (χ0n) is 9.95. The van der Waals surface area contributed by atoms with E-state index in [-0.39, 0.29) is 10.7 Å². The van der Waals surface area contributed by atoms with Crippen LogP contribution in [-0.2, 0) is 0 Å². The molecule has 18 heavy (non-hydrogen) atoms. The average molecular weight is 267 g/mol. The molecule has 4 nitrogen and oxygen atoms in total. The topological polar surface area (TPSA) is 62.2 Å². The molecule has 2 N–H and O–H groups in total. The Bertz CT molecular complexity index is 486. The van der Waals surface area contributed by atoms with Crippen LogP contribution in [-0.4, -0.2) is 22.6 Å². The van der Waals surface area contributed by atoms with E-state index in [1.54, 1.807) is 12.1 Å². The zero-order valence-corrected chi connectivity index (χ0v) is 10.7. The first kappa shape index (κ1) is 12.9. The van der Waals surface area contributed by atoms with Crippen molar-refractivity contribution in [2.45, 2.75) is 25.7 Å². The summed E-state index contributed by atoms with van der Waals surface area (Å²) in [6, 6.07) is 3.24. The molecule has 1 aromatic heterocycles. The van der Waals surface area contributed by atoms with Crippen LogP contribution in [0.4, 0.5) is 5.82 Å². The van der Waals surface area contributed by atoms with E-state index in [0.717, 1.165) is 13.0 Å². The van der Waals surface area contributed by atoms with E-state index in [0.29, 0.717) is 5.82 Å². The van der Waals surface area contributed by atoms with Gasteiger partial charge in [-0.05, 0) is 37.8 Å². The summed E-state index contributed by atoms with van der Waals surface area (Å²) in [6.45, 7) is 0.763. The Morgan fingerprint density at radius 3 is 3.00 bits per heavy atom. The second-order valence-corrected chi connectivity index (χ2v) is 4.67. The van der Waals surface area contributed by atoms with Gasteiger partial charge in [0.2, 0.25) is 0 Å². The lowest BCUT2D eigenvalue weighted by atomic mass is 10.2. The van der Waals surface area contributed by atoms with Crippen molar-refractivity contribution in [3.05, 3.63) is 34.5 Å². The Kier molecular flexibility index (Phi) is 4.20. The quantitative estimate of drug-likeness (QED) is 0.803. The summed E-state index contributed by atoms with van der Waals surface area (Å²) < 4.78 is 0. The van der Waals surface area contributed by atoms with Gasteiger partial charge in [-0.15, -0.1) is 0 Å². The second-order valence-electron chi connectivity index (χ2n) is 4.26. The molecule has 5 heteroatoms. The Labute approximate surface area is 111 Å². The lowest BCUT2D eigenvalue weighted by molar-refractivity contribution is 0.0691. The number of nitrogens with zero attached hydrogens (tertiary/aromatic N) is 1. The van der Waals surface area contributed by atoms with Gasteiger partial charge in [0.05, 0.1) is 5.02 Å². The molecule has 0 aliphatic heterocycles. The van der Waals surface area contributed by atoms with Crippen LogP contribution < -0.4 is 5.32 Å². The first-order chi connectivity index (χ1) is 8.66. The van der Waals surface area contributed by atoms with E-state index in [4.69, 9.17) is 16.7 Å². The number of carboxylic acid groups (broad SMARTS) is 1. The van der Waals surface area contributed by atoms with Crippen molar-refractivity contribution in [2.24, 2.45) is 0 Å². The molecule has 0 amide bonds. The molecule has 0 saturated heterocycles. The van der Waals surface area contributed by atoms with Crippen molar-refractivity contribution in [1.82, 2.24) is 4.98 Å². The molecule has 0 aromatic carbocycles. The van der Waals surface area contributed by atoms with Crippen molar-refractivity contribution in [3.8, 4) is 0 Å². The van der Waals surface area contributed by atoms with Crippen molar-refractivity contribution < 1.29 is 9.90 Å². The SMILES string of the molecule is O=C(O)c1nc(NCCC2=CCCC2)ccc1Cl. The lowest BCUT2D eigenvalue weighted by Crippen LogP contribution is -2.08. The Balaban J connectivity index is 1.93. The monoisotopic (exact) mass is 266 g/mol. The normalized spacial score (nSPS) is 14.4. The number of allylic oxidation sites excluding steroid dienone is 1. The summed E-state index contributed by atoms with van der Waals surface area (Å²) in [4.78, 5) is 14.8. The highest BCUT2D eigenvalue weighted by molar-refractivity contribution is 6.33. The lowest BCUT2D eigenvalue weighted by Gasteiger charge is -2.07. The molecule has 1 aliphatic rings. The van der Waals surface area contributed by atoms with Gasteiger partial charge in [-0.1, -0.05) is 23.3 Å². The van der Waals surface area contributed by atoms with Crippen LogP contribution >= 0.6 is 11.6 Å². The van der Waals surface area contributed by atoms with Gasteiger partial charge in [-0.25, -0.2) is 9.78 Å². The van der Waals surface area contributed by atoms with Crippen molar-refractivity contribution in [3.63, 3.8) is 0 Å². The molecule has 0 unspecified atom stereocenters. The van der Waals surface area contributed by atoms with Crippen LogP contribution in [0.25, 0.3) is 0 Å². The van der Waals surface area contributed by atoms with E-state index in [2.05, 4.69) is 16.4 Å². The van der Waals surface area contributed by atoms with Gasteiger partial charge in [0.1, 0.15) is 5.82 Å². The number of hydrogen-bond acceptors (Lipinski definition) is 3. The van der Waals surface area contributed by atoms with Crippen LogP contribution in [0.5, 0.6) is 0 Å². The molecule has 1 aromatic rings. The minimum absolute atomic E-state index is 0.109. The van der Waals surface area contributed by atoms with Crippen LogP contribution in [0.15, 0.2) is 23.8 Å². The molecular weight excluding hydrogens is 252 g/mol. The standard InChI is InChI=1S/C13H15ClN2O2/c14-10-5-6-11(16-12(10)13(17)18)15-8-7-9-3-1-2-4-9/h3,5-6H,1-2,4,7-8H2,(H,15,16)(H,17,18). The third kappa shape index (κ3) is 3.23. The van der Waals surface area contributed by atoms with E-state index in [9.17, 15) is 4.79 Å². The Morgan fingerprint density at radius 2 is 2.33 bits per heavy atom. The fourth-order valence-electron chi connectivity index (χ4n) is 2.01. The number of aromatic nitrogens is 1. The summed E-state index contributed by atoms with van der Waals surface area (Å²) in [6.07, 6.45) is 6.86. The molecule has 1 heterocycles. The maximum absolute atomic E-state index is 10.9. The largest absolute Gasteiger partial charge is 0.476 e. The molecule has 0 saturated carbocycles. The number of aromatic carboxylic acids is 1. The summed E-state index contributed by atoms with van der Waals surface area (Å²) in [5, 5.41) is 12.2. The highest BCUT2D eigenvalue weighted by Gasteiger charge is 2.11. The van der Waals surface area contributed by atoms with Crippen molar-refractivity contribution in [1.29, 1.82) is 0 Å². The van der Waals surface area contributed by atoms with Gasteiger partial charge in [-0.2, -0.15) is 0 Å². The first-order valence-electron chi connectivity index (χ1n) is 5.98. The maximum Gasteiger partial charge on any atom is 0.356 e. The maximum atomic E-state index is 10.9. The average Bonchev–Trinajstić information content (AvgIpc) is 2.84. The third-order valence-corrected chi connectivity index (χ3v) is 3.24. The minimum atomic E-state index is -1.11. The van der Waals surface area contributed by atoms with E-state index >= 15 is 0 Å². The van der Waals surface area contributed by atoms with Crippen LogP contribution in [0, 0.1) is 0 Å². The summed E-state index contributed by atoms with van der Waals surface area (Å²) in [5.41, 5.74) is 1.36. The smallest absolute Gasteiger partial charge is 0.356 e. The molecule has 0 fully saturated rings. The van der Waals surface area contributed by atoms with Gasteiger partial charge < -0.3 is 10.4 Å². The molecule has 0 bridgehead atoms. The van der Waals surface area contributed by atoms with Gasteiger partial charge in [0.25, 0.3) is 0 Å². The van der Waals surface area contributed by atoms with Gasteiger partial charge in [0.15, 0.2) is 5.69 Å². The number of halogens is 1. The van der Waals surface area contributed by atoms with Gasteiger partial charge >= 0.3 is 5.97 Å². The third-order valence-electron chi connectivity index (χ3n) is 2.94. The first-order valence-corrected chi connectivity index (χ1v) is 6.36. The molecule has 96 valence electrons. The number of carbonyl (C=O) groups is 1. The summed E-state index contributed by atoms with van der Waals surface area (Å²) in [5.74, 6) is -0.558. The number of nitrogens with one attached hydrogen (secondary N) is 1. The Morgan fingerprint density at radius 1 is 1.50 bits per heavy atom. The van der Waals surface area contributed by atoms with Crippen molar-refractivity contribution >= 4 is 23.4 Å². The van der Waals surface area contributed by atoms with Crippen molar-refractivity contribution in [2.75, 3.05) is 11.9 Å². The van der Waals surface area contributed by atoms with E-state index < -0.39 is 5.97 Å². The Hall–Kier alpha value is -1.55. The van der Waals surface area contributed by atoms with E-state index in [1.165, 1.54) is 24.8 Å². The van der Waals surface area contributed by atoms with E-state index in [1.807, 2.05) is 0 Å². The number of carboxylic acids is 1. The number of rotatable bonds is 5. The highest BCUT2D eigenvalue weighted by Crippen LogP contribution is 2.21. The van der Waals surface area contributed by atoms with Crippen LogP contribution in [0.2, 0.25) is 5.02 Å². The highest BCUT2D eigenvalue weighted by atomic mass is 35.5. The molecule has 2 rings (SSSR count). The summed E-state index contributed by atoms with van der Waals surface area (Å²) in [7, 11) is 0. The molecule has 1 aliphatic carbocycles. The number of anilines is 1. The minimum Gasteiger partial charge on any atom is -0.476 e. The zero-order chi connectivity index (χ0) is 13.0. The number of pyridine rings is 1. The van der Waals surface area contributed by atoms with Gasteiger partial charge in [-0.3, -0.25) is 0 Å². The number of hydrogen-bond donors (Lipinski definition) is 2. The second kappa shape index (κ2) is 5.87. The molecular formula is C13H15ClN2O2. The molecule has 0 radical (unpaired) electrons. The fraction of sp³-hybridized carbons (Fsp3) is 0.385. The summed E-state index contributed by atoms with van der Waals surface area (Å²) >= 11 is 5.75. The van der Waals surface area contributed by atoms with Gasteiger partial charge in [0, 0.05) is 6.54 Å². The molecule has 0 spiro atoms. The predicted molar refractivity (Wildman–Crippen MR) is 71.2 cm³/mol. The fourth-order valence-corrected chi connectivity index (χ4v) is 2.19.